The summed E-state index contributed by atoms with van der Waals surface area (Å²) in [4.78, 5) is 17.0. The van der Waals surface area contributed by atoms with E-state index in [1.54, 1.807) is 17.9 Å². The number of aryl methyl sites for hydroxylation is 1. The molecule has 1 fully saturated rings. The van der Waals surface area contributed by atoms with E-state index in [1.807, 2.05) is 17.0 Å². The van der Waals surface area contributed by atoms with E-state index in [0.29, 0.717) is 12.2 Å². The van der Waals surface area contributed by atoms with Gasteiger partial charge in [-0.2, -0.15) is 5.10 Å². The number of halogens is 2. The summed E-state index contributed by atoms with van der Waals surface area (Å²) in [6, 6.07) is 6.79. The fourth-order valence-electron chi connectivity index (χ4n) is 3.22. The van der Waals surface area contributed by atoms with Crippen LogP contribution in [-0.2, 0) is 13.5 Å². The van der Waals surface area contributed by atoms with Gasteiger partial charge in [-0.3, -0.25) is 14.4 Å². The van der Waals surface area contributed by atoms with Crippen molar-refractivity contribution < 1.29 is 9.18 Å². The molecule has 5 nitrogen and oxygen atoms in total. The average Bonchev–Trinajstić information content (AvgIpc) is 2.92. The minimum absolute atomic E-state index is 0.0295. The number of carbonyl (C=O) groups is 1. The minimum Gasteiger partial charge on any atom is -0.332 e. The van der Waals surface area contributed by atoms with Gasteiger partial charge in [-0.25, -0.2) is 4.39 Å². The Labute approximate surface area is 155 Å². The third kappa shape index (κ3) is 4.27. The number of benzene rings is 1. The monoisotopic (exact) mass is 408 g/mol. The van der Waals surface area contributed by atoms with Crippen molar-refractivity contribution in [3.05, 3.63) is 52.0 Å². The minimum atomic E-state index is -0.204. The van der Waals surface area contributed by atoms with E-state index in [-0.39, 0.29) is 17.8 Å². The molecule has 1 aliphatic heterocycles. The molecule has 0 bridgehead atoms. The highest BCUT2D eigenvalue weighted by Gasteiger charge is 2.30. The quantitative estimate of drug-likeness (QED) is 0.780. The Bertz CT molecular complexity index is 746. The summed E-state index contributed by atoms with van der Waals surface area (Å²) in [6.45, 7) is 5.33. The lowest BCUT2D eigenvalue weighted by Crippen LogP contribution is -2.54. The molecule has 134 valence electrons. The molecule has 7 heteroatoms. The number of rotatable bonds is 4. The molecule has 1 atom stereocenters. The highest BCUT2D eigenvalue weighted by molar-refractivity contribution is 9.10. The summed E-state index contributed by atoms with van der Waals surface area (Å²) in [5.74, 6) is -0.233. The molecule has 3 rings (SSSR count). The van der Waals surface area contributed by atoms with Crippen LogP contribution in [0.1, 0.15) is 23.0 Å². The molecule has 2 aromatic rings. The second kappa shape index (κ2) is 7.66. The van der Waals surface area contributed by atoms with Gasteiger partial charge in [0.1, 0.15) is 5.82 Å². The largest absolute Gasteiger partial charge is 0.332 e. The molecular formula is C18H22BrFN4O. The number of piperazine rings is 1. The molecule has 0 radical (unpaired) electrons. The molecule has 1 saturated heterocycles. The normalized spacial score (nSPS) is 18.6. The summed E-state index contributed by atoms with van der Waals surface area (Å²) in [6.07, 6.45) is 2.67. The SMILES string of the molecule is C[C@H]1CN(CCc2ccc(F)cc2)CCN1C(=O)c1nn(C)cc1Br. The Morgan fingerprint density at radius 2 is 2.04 bits per heavy atom. The molecule has 0 N–H and O–H groups in total. The van der Waals surface area contributed by atoms with Gasteiger partial charge in [0.2, 0.25) is 0 Å². The van der Waals surface area contributed by atoms with Crippen LogP contribution in [0.15, 0.2) is 34.9 Å². The number of hydrogen-bond acceptors (Lipinski definition) is 3. The van der Waals surface area contributed by atoms with E-state index in [1.165, 1.54) is 12.1 Å². The maximum atomic E-state index is 13.0. The van der Waals surface area contributed by atoms with Crippen molar-refractivity contribution in [2.24, 2.45) is 7.05 Å². The standard InChI is InChI=1S/C18H22BrFN4O/c1-13-11-23(8-7-14-3-5-15(20)6-4-14)9-10-24(13)18(25)17-16(19)12-22(2)21-17/h3-6,12-13H,7-11H2,1-2H3/t13-/m0/s1. The van der Waals surface area contributed by atoms with Crippen molar-refractivity contribution in [1.82, 2.24) is 19.6 Å². The van der Waals surface area contributed by atoms with Gasteiger partial charge in [0.25, 0.3) is 5.91 Å². The zero-order valence-corrected chi connectivity index (χ0v) is 16.0. The Balaban J connectivity index is 1.56. The van der Waals surface area contributed by atoms with Gasteiger partial charge in [0.15, 0.2) is 5.69 Å². The van der Waals surface area contributed by atoms with Crippen molar-refractivity contribution in [1.29, 1.82) is 0 Å². The first-order valence-electron chi connectivity index (χ1n) is 8.41. The van der Waals surface area contributed by atoms with Crippen molar-refractivity contribution in [3.63, 3.8) is 0 Å². The average molecular weight is 409 g/mol. The molecular weight excluding hydrogens is 387 g/mol. The van der Waals surface area contributed by atoms with E-state index >= 15 is 0 Å². The molecule has 2 heterocycles. The van der Waals surface area contributed by atoms with Crippen LogP contribution in [0.5, 0.6) is 0 Å². The first kappa shape index (κ1) is 18.1. The Morgan fingerprint density at radius 1 is 1.32 bits per heavy atom. The smallest absolute Gasteiger partial charge is 0.275 e. The zero-order chi connectivity index (χ0) is 18.0. The molecule has 25 heavy (non-hydrogen) atoms. The summed E-state index contributed by atoms with van der Waals surface area (Å²) in [5.41, 5.74) is 1.60. The summed E-state index contributed by atoms with van der Waals surface area (Å²) >= 11 is 3.40. The lowest BCUT2D eigenvalue weighted by molar-refractivity contribution is 0.0485. The van der Waals surface area contributed by atoms with E-state index in [2.05, 4.69) is 32.9 Å². The second-order valence-corrected chi connectivity index (χ2v) is 7.38. The predicted octanol–water partition coefficient (Wildman–Crippen LogP) is 2.71. The zero-order valence-electron chi connectivity index (χ0n) is 14.5. The number of amides is 1. The van der Waals surface area contributed by atoms with Gasteiger partial charge in [-0.15, -0.1) is 0 Å². The number of nitrogens with zero attached hydrogens (tertiary/aromatic N) is 4. The molecule has 1 aromatic heterocycles. The first-order valence-corrected chi connectivity index (χ1v) is 9.20. The molecule has 1 aliphatic rings. The second-order valence-electron chi connectivity index (χ2n) is 6.52. The van der Waals surface area contributed by atoms with E-state index in [9.17, 15) is 9.18 Å². The van der Waals surface area contributed by atoms with Gasteiger partial charge >= 0.3 is 0 Å². The third-order valence-electron chi connectivity index (χ3n) is 4.59. The van der Waals surface area contributed by atoms with Crippen LogP contribution in [-0.4, -0.2) is 57.7 Å². The van der Waals surface area contributed by atoms with Gasteiger partial charge in [-0.05, 0) is 47.0 Å². The van der Waals surface area contributed by atoms with Crippen LogP contribution in [0, 0.1) is 5.82 Å². The number of aromatic nitrogens is 2. The Morgan fingerprint density at radius 3 is 2.64 bits per heavy atom. The fraction of sp³-hybridized carbons (Fsp3) is 0.444. The van der Waals surface area contributed by atoms with Gasteiger partial charge < -0.3 is 4.90 Å². The van der Waals surface area contributed by atoms with Crippen molar-refractivity contribution >= 4 is 21.8 Å². The highest BCUT2D eigenvalue weighted by Crippen LogP contribution is 2.19. The molecule has 0 unspecified atom stereocenters. The van der Waals surface area contributed by atoms with E-state index < -0.39 is 0 Å². The van der Waals surface area contributed by atoms with Gasteiger partial charge in [-0.1, -0.05) is 12.1 Å². The molecule has 1 aromatic carbocycles. The molecule has 1 amide bonds. The maximum Gasteiger partial charge on any atom is 0.275 e. The number of carbonyl (C=O) groups excluding carboxylic acids is 1. The lowest BCUT2D eigenvalue weighted by Gasteiger charge is -2.39. The molecule has 0 aliphatic carbocycles. The van der Waals surface area contributed by atoms with Crippen LogP contribution >= 0.6 is 15.9 Å². The fourth-order valence-corrected chi connectivity index (χ4v) is 3.76. The summed E-state index contributed by atoms with van der Waals surface area (Å²) in [5, 5.41) is 4.26. The van der Waals surface area contributed by atoms with Crippen molar-refractivity contribution in [3.8, 4) is 0 Å². The van der Waals surface area contributed by atoms with Crippen LogP contribution in [0.3, 0.4) is 0 Å². The van der Waals surface area contributed by atoms with E-state index in [4.69, 9.17) is 0 Å². The first-order chi connectivity index (χ1) is 11.9. The Kier molecular flexibility index (Phi) is 5.54. The molecule has 0 saturated carbocycles. The van der Waals surface area contributed by atoms with Crippen LogP contribution < -0.4 is 0 Å². The Hall–Kier alpha value is -1.73. The topological polar surface area (TPSA) is 41.4 Å². The number of hydrogen-bond donors (Lipinski definition) is 0. The van der Waals surface area contributed by atoms with E-state index in [0.717, 1.165) is 36.1 Å². The van der Waals surface area contributed by atoms with Crippen molar-refractivity contribution in [2.75, 3.05) is 26.2 Å². The van der Waals surface area contributed by atoms with Crippen LogP contribution in [0.2, 0.25) is 0 Å². The van der Waals surface area contributed by atoms with Gasteiger partial charge in [0, 0.05) is 45.5 Å². The van der Waals surface area contributed by atoms with Crippen molar-refractivity contribution in [2.45, 2.75) is 19.4 Å². The summed E-state index contributed by atoms with van der Waals surface area (Å²) < 4.78 is 15.3. The van der Waals surface area contributed by atoms with Gasteiger partial charge in [0.05, 0.1) is 4.47 Å². The maximum absolute atomic E-state index is 13.0. The predicted molar refractivity (Wildman–Crippen MR) is 98.0 cm³/mol. The molecule has 0 spiro atoms. The van der Waals surface area contributed by atoms with Crippen LogP contribution in [0.4, 0.5) is 4.39 Å². The highest BCUT2D eigenvalue weighted by atomic mass is 79.9. The van der Waals surface area contributed by atoms with Crippen LogP contribution in [0.25, 0.3) is 0 Å². The lowest BCUT2D eigenvalue weighted by atomic mass is 10.1. The summed E-state index contributed by atoms with van der Waals surface area (Å²) in [7, 11) is 1.80. The third-order valence-corrected chi connectivity index (χ3v) is 5.17.